The topological polar surface area (TPSA) is 107 Å². The van der Waals surface area contributed by atoms with Gasteiger partial charge in [0.1, 0.15) is 0 Å². The van der Waals surface area contributed by atoms with Gasteiger partial charge in [-0.15, -0.1) is 0 Å². The van der Waals surface area contributed by atoms with Crippen molar-refractivity contribution in [3.05, 3.63) is 0 Å². The van der Waals surface area contributed by atoms with E-state index in [2.05, 4.69) is 123 Å². The lowest BCUT2D eigenvalue weighted by Crippen LogP contribution is -2.71. The Balaban J connectivity index is 7.91. The van der Waals surface area contributed by atoms with Crippen LogP contribution in [0.2, 0.25) is 144 Å². The van der Waals surface area contributed by atoms with E-state index in [9.17, 15) is 5.11 Å². The fourth-order valence-electron chi connectivity index (χ4n) is 5.44. The van der Waals surface area contributed by atoms with Crippen LogP contribution in [0.15, 0.2) is 0 Å². The molecule has 0 aromatic heterocycles. The predicted molar refractivity (Wildman–Crippen MR) is 224 cm³/mol. The number of aliphatic hydroxyl groups is 1. The Bertz CT molecular complexity index is 818. The maximum atomic E-state index is 9.64. The first-order valence-electron chi connectivity index (χ1n) is 17.4. The summed E-state index contributed by atoms with van der Waals surface area (Å²) in [6, 6.07) is 0.453. The average Bonchev–Trinajstić information content (AvgIpc) is 2.63. The molecule has 0 saturated carbocycles. The van der Waals surface area contributed by atoms with Gasteiger partial charge in [-0.3, -0.25) is 0 Å². The summed E-state index contributed by atoms with van der Waals surface area (Å²) >= 11 is 0. The van der Waals surface area contributed by atoms with Gasteiger partial charge in [-0.2, -0.15) is 0 Å². The van der Waals surface area contributed by atoms with Gasteiger partial charge in [-0.05, 0) is 138 Å². The van der Waals surface area contributed by atoms with Crippen molar-refractivity contribution in [2.75, 3.05) is 26.7 Å². The van der Waals surface area contributed by atoms with Gasteiger partial charge in [0, 0.05) is 32.2 Å². The zero-order valence-electron chi connectivity index (χ0n) is 35.1. The minimum Gasteiger partial charge on any atom is -0.417 e. The summed E-state index contributed by atoms with van der Waals surface area (Å²) in [6.45, 7) is 46.2. The van der Waals surface area contributed by atoms with Crippen LogP contribution in [-0.4, -0.2) is 122 Å². The first kappa shape index (κ1) is 49.7. The molecule has 0 atom stereocenters. The van der Waals surface area contributed by atoms with Crippen molar-refractivity contribution >= 4 is 85.1 Å². The largest absolute Gasteiger partial charge is 0.478 e. The fourth-order valence-corrected chi connectivity index (χ4v) is 47.2. The molecule has 0 unspecified atom stereocenters. The Morgan fingerprint density at radius 1 is 0.375 bits per heavy atom. The molecule has 0 heterocycles. The van der Waals surface area contributed by atoms with Crippen LogP contribution < -0.4 is 0 Å². The number of aliphatic hydroxyl groups excluding tert-OH is 1. The lowest BCUT2D eigenvalue weighted by molar-refractivity contribution is 0.119. The molecule has 0 aliphatic rings. The normalized spacial score (nSPS) is 15.5. The van der Waals surface area contributed by atoms with Crippen LogP contribution in [-0.2, 0) is 37.0 Å². The zero-order chi connectivity index (χ0) is 38.5. The third kappa shape index (κ3) is 24.1. The summed E-state index contributed by atoms with van der Waals surface area (Å²) in [7, 11) is -25.3. The van der Waals surface area contributed by atoms with Crippen molar-refractivity contribution < 1.29 is 42.1 Å². The van der Waals surface area contributed by atoms with Crippen LogP contribution >= 0.6 is 0 Å². The molecule has 0 radical (unpaired) electrons. The monoisotopic (exact) mass is 855 g/mol. The van der Waals surface area contributed by atoms with Crippen molar-refractivity contribution in [2.45, 2.75) is 150 Å². The molecule has 0 spiro atoms. The first-order chi connectivity index (χ1) is 20.8. The number of rotatable bonds is 24. The predicted octanol–water partition coefficient (Wildman–Crippen LogP) is 8.10. The summed E-state index contributed by atoms with van der Waals surface area (Å²) in [5, 5.41) is 9.64. The lowest BCUT2D eigenvalue weighted by Gasteiger charge is -2.49. The van der Waals surface area contributed by atoms with Crippen LogP contribution in [0.5, 0.6) is 0 Å². The molecular weight excluding hydrogens is 779 g/mol. The Labute approximate surface area is 307 Å². The van der Waals surface area contributed by atoms with E-state index >= 15 is 0 Å². The van der Waals surface area contributed by atoms with Gasteiger partial charge in [0.05, 0.1) is 6.61 Å². The smallest absolute Gasteiger partial charge is 0.417 e. The third-order valence-corrected chi connectivity index (χ3v) is 38.2. The molecule has 0 fully saturated rings. The second-order valence-corrected chi connectivity index (χ2v) is 58.7. The molecule has 0 amide bonds. The van der Waals surface area contributed by atoms with Crippen molar-refractivity contribution in [3.63, 3.8) is 0 Å². The van der Waals surface area contributed by atoms with Gasteiger partial charge in [-0.1, -0.05) is 0 Å². The highest BCUT2D eigenvalue weighted by molar-refractivity contribution is 6.95. The molecule has 1 N–H and O–H groups in total. The van der Waals surface area contributed by atoms with Crippen LogP contribution in [0.4, 0.5) is 0 Å². The van der Waals surface area contributed by atoms with Gasteiger partial charge in [0.25, 0.3) is 0 Å². The molecule has 0 saturated heterocycles. The van der Waals surface area contributed by atoms with Crippen LogP contribution in [0.3, 0.4) is 0 Å². The second-order valence-electron chi connectivity index (χ2n) is 19.0. The molecule has 48 heavy (non-hydrogen) atoms. The van der Waals surface area contributed by atoms with Crippen LogP contribution in [0, 0.1) is 0 Å². The minimum atomic E-state index is -3.91. The Hall–Kier alpha value is 1.73. The third-order valence-electron chi connectivity index (χ3n) is 5.48. The first-order valence-corrected chi connectivity index (χ1v) is 46.5. The van der Waals surface area contributed by atoms with Gasteiger partial charge in [-0.25, -0.2) is 0 Å². The van der Waals surface area contributed by atoms with Crippen molar-refractivity contribution in [3.8, 4) is 0 Å². The zero-order valence-corrected chi connectivity index (χ0v) is 45.1. The summed E-state index contributed by atoms with van der Waals surface area (Å²) in [5.74, 6) is 0. The van der Waals surface area contributed by atoms with E-state index in [1.807, 2.05) is 26.7 Å². The fraction of sp³-hybridized carbons (Fsp3) is 1.00. The van der Waals surface area contributed by atoms with Gasteiger partial charge >= 0.3 is 35.2 Å². The SMILES string of the molecule is CN(CCO)CCC[Si](O[Si](C)(O[Si](C)(C)C)O[Si](C)(C)C)(O[Si](C)(O[Si](C)(C)C)O[Si](C)(C)C)O[Si](C)(O[Si](C)(C)C)O[Si](C)(C)C. The Kier molecular flexibility index (Phi) is 18.6. The molecule has 0 aliphatic carbocycles. The van der Waals surface area contributed by atoms with E-state index in [0.717, 1.165) is 0 Å². The average molecular weight is 857 g/mol. The maximum Gasteiger partial charge on any atom is 0.478 e. The summed E-state index contributed by atoms with van der Waals surface area (Å²) in [6.07, 6.45) is 0.682. The van der Waals surface area contributed by atoms with E-state index in [1.165, 1.54) is 0 Å². The molecule has 0 aromatic rings. The van der Waals surface area contributed by atoms with Crippen molar-refractivity contribution in [1.82, 2.24) is 4.90 Å². The number of hydrogen-bond acceptors (Lipinski definition) is 11. The molecule has 0 aliphatic heterocycles. The van der Waals surface area contributed by atoms with E-state index in [4.69, 9.17) is 37.0 Å². The van der Waals surface area contributed by atoms with Gasteiger partial charge in [0.2, 0.25) is 0 Å². The maximum absolute atomic E-state index is 9.64. The highest BCUT2D eigenvalue weighted by Gasteiger charge is 2.63. The minimum absolute atomic E-state index is 0.0832. The second kappa shape index (κ2) is 17.9. The summed E-state index contributed by atoms with van der Waals surface area (Å²) in [4.78, 5) is 2.11. The van der Waals surface area contributed by atoms with Gasteiger partial charge < -0.3 is 47.0 Å². The molecular formula is C27H77NO10Si10. The Morgan fingerprint density at radius 3 is 0.792 bits per heavy atom. The highest BCUT2D eigenvalue weighted by atomic mass is 28.6. The Morgan fingerprint density at radius 2 is 0.604 bits per heavy atom. The van der Waals surface area contributed by atoms with Crippen LogP contribution in [0.25, 0.3) is 0 Å². The number of nitrogens with zero attached hydrogens (tertiary/aromatic N) is 1. The standard InChI is InChI=1S/C27H77NO10Si10/c1-28(25-26-29)24-23-27-48(36-45(20,30-39(2,3)4)31-40(5,6)7,37-46(21,32-41(8,9)10)33-42(11,12)13)38-47(22,34-43(14,15)16)35-44(17,18)19/h29H,23-27H2,1-22H3. The quantitative estimate of drug-likeness (QED) is 0.0953. The van der Waals surface area contributed by atoms with Crippen LogP contribution in [0.1, 0.15) is 6.42 Å². The lowest BCUT2D eigenvalue weighted by atomic mass is 10.4. The molecule has 290 valence electrons. The molecule has 0 bridgehead atoms. The van der Waals surface area contributed by atoms with E-state index < -0.39 is 85.1 Å². The number of likely N-dealkylation sites (N-methyl/N-ethyl adjacent to an activating group) is 1. The van der Waals surface area contributed by atoms with Crippen molar-refractivity contribution in [2.24, 2.45) is 0 Å². The summed E-state index contributed by atoms with van der Waals surface area (Å²) in [5.41, 5.74) is 0. The van der Waals surface area contributed by atoms with E-state index in [-0.39, 0.29) is 6.61 Å². The molecule has 21 heteroatoms. The highest BCUT2D eigenvalue weighted by Crippen LogP contribution is 2.37. The number of hydrogen-bond donors (Lipinski definition) is 1. The molecule has 0 aromatic carbocycles. The van der Waals surface area contributed by atoms with E-state index in [1.54, 1.807) is 0 Å². The molecule has 0 rings (SSSR count). The van der Waals surface area contributed by atoms with Gasteiger partial charge in [0.15, 0.2) is 49.9 Å². The summed E-state index contributed by atoms with van der Waals surface area (Å²) < 4.78 is 64.2. The van der Waals surface area contributed by atoms with Crippen molar-refractivity contribution in [1.29, 1.82) is 0 Å². The van der Waals surface area contributed by atoms with E-state index in [0.29, 0.717) is 25.6 Å². The molecule has 11 nitrogen and oxygen atoms in total.